The number of hydrogen-bond donors (Lipinski definition) is 2. The second kappa shape index (κ2) is 4.66. The third-order valence-electron chi connectivity index (χ3n) is 3.14. The van der Waals surface area contributed by atoms with Crippen molar-refractivity contribution < 1.29 is 9.90 Å². The number of nitrogens with one attached hydrogen (secondary N) is 1. The molecular formula is C13H17NO2. The summed E-state index contributed by atoms with van der Waals surface area (Å²) in [5, 5.41) is 11.9. The molecule has 1 aromatic rings. The van der Waals surface area contributed by atoms with E-state index in [0.717, 1.165) is 0 Å². The van der Waals surface area contributed by atoms with Gasteiger partial charge in [-0.05, 0) is 43.4 Å². The maximum atomic E-state index is 11.0. The highest BCUT2D eigenvalue weighted by atomic mass is 16.4. The molecule has 0 aliphatic heterocycles. The highest BCUT2D eigenvalue weighted by Crippen LogP contribution is 2.41. The summed E-state index contributed by atoms with van der Waals surface area (Å²) in [6.45, 7) is 0. The first kappa shape index (κ1) is 11.1. The smallest absolute Gasteiger partial charge is 0.321 e. The Balaban J connectivity index is 2.16. The first-order chi connectivity index (χ1) is 7.72. The van der Waals surface area contributed by atoms with Gasteiger partial charge in [-0.15, -0.1) is 0 Å². The number of rotatable bonds is 5. The SMILES string of the molecule is CNC(Cc1ccccc1C1CC1)C(=O)O. The Morgan fingerprint density at radius 1 is 1.50 bits per heavy atom. The van der Waals surface area contributed by atoms with Crippen molar-refractivity contribution in [1.82, 2.24) is 5.32 Å². The summed E-state index contributed by atoms with van der Waals surface area (Å²) in [4.78, 5) is 11.0. The zero-order chi connectivity index (χ0) is 11.5. The van der Waals surface area contributed by atoms with Crippen LogP contribution in [0.4, 0.5) is 0 Å². The molecule has 0 radical (unpaired) electrons. The minimum atomic E-state index is -0.784. The quantitative estimate of drug-likeness (QED) is 0.793. The first-order valence-electron chi connectivity index (χ1n) is 5.70. The fourth-order valence-electron chi connectivity index (χ4n) is 2.05. The van der Waals surface area contributed by atoms with E-state index in [1.54, 1.807) is 7.05 Å². The Hall–Kier alpha value is -1.35. The number of benzene rings is 1. The average Bonchev–Trinajstić information content (AvgIpc) is 3.09. The summed E-state index contributed by atoms with van der Waals surface area (Å²) < 4.78 is 0. The van der Waals surface area contributed by atoms with E-state index in [1.165, 1.54) is 24.0 Å². The van der Waals surface area contributed by atoms with Gasteiger partial charge < -0.3 is 10.4 Å². The van der Waals surface area contributed by atoms with Crippen LogP contribution in [0.15, 0.2) is 24.3 Å². The van der Waals surface area contributed by atoms with Crippen molar-refractivity contribution in [3.63, 3.8) is 0 Å². The van der Waals surface area contributed by atoms with E-state index in [9.17, 15) is 4.79 Å². The van der Waals surface area contributed by atoms with Gasteiger partial charge >= 0.3 is 5.97 Å². The van der Waals surface area contributed by atoms with Crippen molar-refractivity contribution >= 4 is 5.97 Å². The van der Waals surface area contributed by atoms with Crippen LogP contribution in [0, 0.1) is 0 Å². The Labute approximate surface area is 95.5 Å². The Morgan fingerprint density at radius 2 is 2.19 bits per heavy atom. The lowest BCUT2D eigenvalue weighted by Crippen LogP contribution is -2.36. The summed E-state index contributed by atoms with van der Waals surface area (Å²) >= 11 is 0. The minimum Gasteiger partial charge on any atom is -0.480 e. The van der Waals surface area contributed by atoms with E-state index >= 15 is 0 Å². The molecule has 1 unspecified atom stereocenters. The van der Waals surface area contributed by atoms with Gasteiger partial charge in [0.05, 0.1) is 0 Å². The van der Waals surface area contributed by atoms with Crippen LogP contribution < -0.4 is 5.32 Å². The third kappa shape index (κ3) is 2.42. The Morgan fingerprint density at radius 3 is 2.75 bits per heavy atom. The van der Waals surface area contributed by atoms with Crippen LogP contribution in [-0.2, 0) is 11.2 Å². The van der Waals surface area contributed by atoms with E-state index in [4.69, 9.17) is 5.11 Å². The molecule has 1 aromatic carbocycles. The van der Waals surface area contributed by atoms with Crippen LogP contribution in [0.1, 0.15) is 29.9 Å². The number of hydrogen-bond acceptors (Lipinski definition) is 2. The van der Waals surface area contributed by atoms with Gasteiger partial charge in [0.1, 0.15) is 6.04 Å². The average molecular weight is 219 g/mol. The summed E-state index contributed by atoms with van der Waals surface area (Å²) in [7, 11) is 1.69. The van der Waals surface area contributed by atoms with Crippen LogP contribution in [0.3, 0.4) is 0 Å². The van der Waals surface area contributed by atoms with Crippen LogP contribution in [0.2, 0.25) is 0 Å². The summed E-state index contributed by atoms with van der Waals surface area (Å²) in [6, 6.07) is 7.70. The fourth-order valence-corrected chi connectivity index (χ4v) is 2.05. The molecule has 1 atom stereocenters. The molecule has 2 rings (SSSR count). The van der Waals surface area contributed by atoms with Crippen molar-refractivity contribution in [2.45, 2.75) is 31.2 Å². The van der Waals surface area contributed by atoms with Crippen LogP contribution in [0.25, 0.3) is 0 Å². The van der Waals surface area contributed by atoms with Gasteiger partial charge in [-0.2, -0.15) is 0 Å². The summed E-state index contributed by atoms with van der Waals surface area (Å²) in [6.07, 6.45) is 3.06. The second-order valence-electron chi connectivity index (χ2n) is 4.36. The van der Waals surface area contributed by atoms with Crippen molar-refractivity contribution in [2.75, 3.05) is 7.05 Å². The summed E-state index contributed by atoms with van der Waals surface area (Å²) in [5.41, 5.74) is 2.51. The van der Waals surface area contributed by atoms with Gasteiger partial charge in [0.2, 0.25) is 0 Å². The predicted octanol–water partition coefficient (Wildman–Crippen LogP) is 1.78. The molecule has 0 bridgehead atoms. The monoisotopic (exact) mass is 219 g/mol. The maximum absolute atomic E-state index is 11.0. The molecule has 0 amide bonds. The highest BCUT2D eigenvalue weighted by molar-refractivity contribution is 5.74. The molecule has 1 aliphatic rings. The molecule has 0 aromatic heterocycles. The van der Waals surface area contributed by atoms with Crippen LogP contribution in [-0.4, -0.2) is 24.2 Å². The number of carboxylic acid groups (broad SMARTS) is 1. The van der Waals surface area contributed by atoms with E-state index < -0.39 is 12.0 Å². The second-order valence-corrected chi connectivity index (χ2v) is 4.36. The lowest BCUT2D eigenvalue weighted by Gasteiger charge is -2.14. The largest absolute Gasteiger partial charge is 0.480 e. The molecule has 86 valence electrons. The molecule has 1 saturated carbocycles. The molecule has 0 saturated heterocycles. The lowest BCUT2D eigenvalue weighted by atomic mass is 9.97. The maximum Gasteiger partial charge on any atom is 0.321 e. The summed E-state index contributed by atoms with van der Waals surface area (Å²) in [5.74, 6) is -0.115. The predicted molar refractivity (Wildman–Crippen MR) is 62.6 cm³/mol. The minimum absolute atomic E-state index is 0.486. The molecule has 16 heavy (non-hydrogen) atoms. The lowest BCUT2D eigenvalue weighted by molar-refractivity contribution is -0.139. The van der Waals surface area contributed by atoms with Crippen LogP contribution in [0.5, 0.6) is 0 Å². The number of carbonyl (C=O) groups is 1. The van der Waals surface area contributed by atoms with Crippen molar-refractivity contribution in [2.24, 2.45) is 0 Å². The van der Waals surface area contributed by atoms with Gasteiger partial charge in [0.15, 0.2) is 0 Å². The van der Waals surface area contributed by atoms with Crippen LogP contribution >= 0.6 is 0 Å². The number of aliphatic carboxylic acids is 1. The molecule has 3 nitrogen and oxygen atoms in total. The zero-order valence-electron chi connectivity index (χ0n) is 9.44. The van der Waals surface area contributed by atoms with Gasteiger partial charge in [-0.3, -0.25) is 4.79 Å². The normalized spacial score (nSPS) is 17.1. The van der Waals surface area contributed by atoms with E-state index in [2.05, 4.69) is 11.4 Å². The van der Waals surface area contributed by atoms with Gasteiger partial charge in [-0.25, -0.2) is 0 Å². The van der Waals surface area contributed by atoms with Crippen molar-refractivity contribution in [3.8, 4) is 0 Å². The topological polar surface area (TPSA) is 49.3 Å². The Bertz CT molecular complexity index is 385. The van der Waals surface area contributed by atoms with Crippen molar-refractivity contribution in [1.29, 1.82) is 0 Å². The van der Waals surface area contributed by atoms with E-state index in [0.29, 0.717) is 12.3 Å². The molecule has 0 spiro atoms. The van der Waals surface area contributed by atoms with Gasteiger partial charge in [-0.1, -0.05) is 24.3 Å². The molecule has 2 N–H and O–H groups in total. The first-order valence-corrected chi connectivity index (χ1v) is 5.70. The molecule has 3 heteroatoms. The fraction of sp³-hybridized carbons (Fsp3) is 0.462. The van der Waals surface area contributed by atoms with E-state index in [1.807, 2.05) is 18.2 Å². The molecule has 1 fully saturated rings. The van der Waals surface area contributed by atoms with Gasteiger partial charge in [0, 0.05) is 0 Å². The standard InChI is InChI=1S/C13H17NO2/c1-14-12(13(15)16)8-10-4-2-3-5-11(10)9-6-7-9/h2-5,9,12,14H,6-8H2,1H3,(H,15,16). The number of likely N-dealkylation sites (N-methyl/N-ethyl adjacent to an activating group) is 1. The zero-order valence-corrected chi connectivity index (χ0v) is 9.44. The van der Waals surface area contributed by atoms with E-state index in [-0.39, 0.29) is 0 Å². The van der Waals surface area contributed by atoms with Gasteiger partial charge in [0.25, 0.3) is 0 Å². The number of carboxylic acids is 1. The highest BCUT2D eigenvalue weighted by Gasteiger charge is 2.27. The molecule has 0 heterocycles. The third-order valence-corrected chi connectivity index (χ3v) is 3.14. The molecular weight excluding hydrogens is 202 g/mol. The van der Waals surface area contributed by atoms with Crippen molar-refractivity contribution in [3.05, 3.63) is 35.4 Å². The molecule has 1 aliphatic carbocycles. The Kier molecular flexibility index (Phi) is 3.25.